The van der Waals surface area contributed by atoms with Gasteiger partial charge in [0.15, 0.2) is 0 Å². The highest BCUT2D eigenvalue weighted by molar-refractivity contribution is 7.89. The quantitative estimate of drug-likeness (QED) is 0.664. The average Bonchev–Trinajstić information content (AvgIpc) is 2.39. The number of amides is 2. The lowest BCUT2D eigenvalue weighted by Crippen LogP contribution is -2.29. The van der Waals surface area contributed by atoms with E-state index in [0.717, 1.165) is 4.31 Å². The zero-order valence-electron chi connectivity index (χ0n) is 11.5. The van der Waals surface area contributed by atoms with Gasteiger partial charge in [0.05, 0.1) is 4.90 Å². The van der Waals surface area contributed by atoms with Gasteiger partial charge >= 0.3 is 6.03 Å². The molecule has 0 bridgehead atoms. The van der Waals surface area contributed by atoms with E-state index >= 15 is 0 Å². The molecule has 0 aliphatic carbocycles. The summed E-state index contributed by atoms with van der Waals surface area (Å²) in [4.78, 5) is 11.6. The van der Waals surface area contributed by atoms with Crippen LogP contribution in [0.25, 0.3) is 0 Å². The summed E-state index contributed by atoms with van der Waals surface area (Å²) in [5.41, 5.74) is 0.490. The van der Waals surface area contributed by atoms with Gasteiger partial charge < -0.3 is 15.7 Å². The van der Waals surface area contributed by atoms with Crippen molar-refractivity contribution in [1.82, 2.24) is 9.62 Å². The van der Waals surface area contributed by atoms with Gasteiger partial charge in [-0.1, -0.05) is 0 Å². The number of benzene rings is 1. The number of urea groups is 1. The van der Waals surface area contributed by atoms with Crippen molar-refractivity contribution in [2.45, 2.75) is 11.3 Å². The Hall–Kier alpha value is -1.64. The Balaban J connectivity index is 2.66. The molecule has 7 nitrogen and oxygen atoms in total. The van der Waals surface area contributed by atoms with E-state index in [0.29, 0.717) is 18.7 Å². The fourth-order valence-electron chi connectivity index (χ4n) is 1.38. The lowest BCUT2D eigenvalue weighted by atomic mass is 10.3. The fourth-order valence-corrected chi connectivity index (χ4v) is 2.28. The number of carbonyl (C=O) groups is 1. The van der Waals surface area contributed by atoms with Crippen LogP contribution in [0.1, 0.15) is 6.42 Å². The third kappa shape index (κ3) is 4.48. The van der Waals surface area contributed by atoms with Crippen LogP contribution in [0.15, 0.2) is 29.2 Å². The molecule has 20 heavy (non-hydrogen) atoms. The number of sulfonamides is 1. The first-order valence-corrected chi connectivity index (χ1v) is 7.50. The predicted octanol–water partition coefficient (Wildman–Crippen LogP) is 0.441. The maximum absolute atomic E-state index is 11.8. The first kappa shape index (κ1) is 16.4. The monoisotopic (exact) mass is 301 g/mol. The molecule has 0 spiro atoms. The second-order valence-corrected chi connectivity index (χ2v) is 6.42. The minimum Gasteiger partial charge on any atom is -0.396 e. The second-order valence-electron chi connectivity index (χ2n) is 4.27. The molecule has 0 radical (unpaired) electrons. The van der Waals surface area contributed by atoms with Crippen LogP contribution in [0, 0.1) is 0 Å². The van der Waals surface area contributed by atoms with Gasteiger partial charge in [0, 0.05) is 32.9 Å². The van der Waals surface area contributed by atoms with Gasteiger partial charge in [0.2, 0.25) is 10.0 Å². The summed E-state index contributed by atoms with van der Waals surface area (Å²) in [6, 6.07) is 5.49. The van der Waals surface area contributed by atoms with Crippen molar-refractivity contribution in [2.24, 2.45) is 0 Å². The Labute approximate surface area is 118 Å². The number of nitrogens with zero attached hydrogens (tertiary/aromatic N) is 1. The zero-order valence-corrected chi connectivity index (χ0v) is 12.3. The van der Waals surface area contributed by atoms with E-state index in [1.807, 2.05) is 0 Å². The molecule has 1 rings (SSSR count). The molecular formula is C12H19N3O4S. The molecule has 0 atom stereocenters. The summed E-state index contributed by atoms with van der Waals surface area (Å²) in [5.74, 6) is 0. The van der Waals surface area contributed by atoms with E-state index in [9.17, 15) is 13.2 Å². The van der Waals surface area contributed by atoms with Crippen LogP contribution in [-0.4, -0.2) is 51.1 Å². The summed E-state index contributed by atoms with van der Waals surface area (Å²) < 4.78 is 24.8. The van der Waals surface area contributed by atoms with Crippen molar-refractivity contribution < 1.29 is 18.3 Å². The van der Waals surface area contributed by atoms with Crippen molar-refractivity contribution in [1.29, 1.82) is 0 Å². The molecule has 1 aromatic rings. The molecule has 8 heteroatoms. The van der Waals surface area contributed by atoms with Gasteiger partial charge in [-0.15, -0.1) is 0 Å². The van der Waals surface area contributed by atoms with E-state index in [4.69, 9.17) is 5.11 Å². The van der Waals surface area contributed by atoms with Crippen LogP contribution in [-0.2, 0) is 10.0 Å². The molecule has 0 saturated heterocycles. The van der Waals surface area contributed by atoms with Crippen LogP contribution in [0.4, 0.5) is 10.5 Å². The molecule has 3 N–H and O–H groups in total. The van der Waals surface area contributed by atoms with Crippen LogP contribution >= 0.6 is 0 Å². The minimum atomic E-state index is -3.46. The van der Waals surface area contributed by atoms with E-state index in [1.54, 1.807) is 0 Å². The van der Waals surface area contributed by atoms with Gasteiger partial charge in [0.1, 0.15) is 0 Å². The van der Waals surface area contributed by atoms with E-state index < -0.39 is 16.1 Å². The van der Waals surface area contributed by atoms with Gasteiger partial charge in [-0.3, -0.25) is 0 Å². The van der Waals surface area contributed by atoms with Crippen LogP contribution in [0.3, 0.4) is 0 Å². The Bertz CT molecular complexity index is 540. The van der Waals surface area contributed by atoms with E-state index in [-0.39, 0.29) is 11.5 Å². The number of rotatable bonds is 6. The lowest BCUT2D eigenvalue weighted by molar-refractivity contribution is 0.249. The molecule has 0 saturated carbocycles. The summed E-state index contributed by atoms with van der Waals surface area (Å²) in [6.07, 6.45) is 0.480. The maximum atomic E-state index is 11.8. The minimum absolute atomic E-state index is 0.0113. The second kappa shape index (κ2) is 7.22. The van der Waals surface area contributed by atoms with E-state index in [2.05, 4.69) is 10.6 Å². The Morgan fingerprint density at radius 2 is 1.85 bits per heavy atom. The fraction of sp³-hybridized carbons (Fsp3) is 0.417. The lowest BCUT2D eigenvalue weighted by Gasteiger charge is -2.12. The van der Waals surface area contributed by atoms with Crippen molar-refractivity contribution in [3.8, 4) is 0 Å². The number of aliphatic hydroxyl groups is 1. The molecule has 0 aliphatic rings. The number of anilines is 1. The third-order valence-electron chi connectivity index (χ3n) is 2.51. The smallest absolute Gasteiger partial charge is 0.319 e. The number of nitrogens with one attached hydrogen (secondary N) is 2. The Morgan fingerprint density at radius 1 is 1.25 bits per heavy atom. The number of hydrogen-bond donors (Lipinski definition) is 3. The number of carbonyl (C=O) groups excluding carboxylic acids is 1. The molecule has 0 heterocycles. The molecular weight excluding hydrogens is 282 g/mol. The Kier molecular flexibility index (Phi) is 5.93. The first-order valence-electron chi connectivity index (χ1n) is 6.06. The predicted molar refractivity (Wildman–Crippen MR) is 76.0 cm³/mol. The average molecular weight is 301 g/mol. The highest BCUT2D eigenvalue weighted by atomic mass is 32.2. The molecule has 0 unspecified atom stereocenters. The maximum Gasteiger partial charge on any atom is 0.319 e. The standard InChI is InChI=1S/C12H19N3O4S/c1-15(2)20(18,19)11-6-4-10(5-7-11)14-12(17)13-8-3-9-16/h4-7,16H,3,8-9H2,1-2H3,(H2,13,14,17). The normalized spacial score (nSPS) is 11.4. The zero-order chi connectivity index (χ0) is 15.2. The SMILES string of the molecule is CN(C)S(=O)(=O)c1ccc(NC(=O)NCCCO)cc1. The number of hydrogen-bond acceptors (Lipinski definition) is 4. The third-order valence-corrected chi connectivity index (χ3v) is 4.34. The molecule has 0 aliphatic heterocycles. The molecule has 0 aromatic heterocycles. The van der Waals surface area contributed by atoms with Crippen molar-refractivity contribution in [3.63, 3.8) is 0 Å². The molecule has 112 valence electrons. The van der Waals surface area contributed by atoms with Gasteiger partial charge in [-0.05, 0) is 30.7 Å². The highest BCUT2D eigenvalue weighted by Gasteiger charge is 2.16. The summed E-state index contributed by atoms with van der Waals surface area (Å²) in [7, 11) is -0.554. The van der Waals surface area contributed by atoms with Crippen LogP contribution in [0.5, 0.6) is 0 Å². The molecule has 2 amide bonds. The van der Waals surface area contributed by atoms with Crippen LogP contribution < -0.4 is 10.6 Å². The largest absolute Gasteiger partial charge is 0.396 e. The highest BCUT2D eigenvalue weighted by Crippen LogP contribution is 2.16. The van der Waals surface area contributed by atoms with Crippen molar-refractivity contribution >= 4 is 21.7 Å². The van der Waals surface area contributed by atoms with Gasteiger partial charge in [-0.25, -0.2) is 17.5 Å². The van der Waals surface area contributed by atoms with Gasteiger partial charge in [-0.2, -0.15) is 0 Å². The topological polar surface area (TPSA) is 98.7 Å². The molecule has 1 aromatic carbocycles. The summed E-state index contributed by atoms with van der Waals surface area (Å²) in [5, 5.41) is 13.7. The first-order chi connectivity index (χ1) is 9.37. The molecule has 0 fully saturated rings. The Morgan fingerprint density at radius 3 is 2.35 bits per heavy atom. The van der Waals surface area contributed by atoms with E-state index in [1.165, 1.54) is 38.4 Å². The summed E-state index contributed by atoms with van der Waals surface area (Å²) in [6.45, 7) is 0.382. The van der Waals surface area contributed by atoms with Crippen LogP contribution in [0.2, 0.25) is 0 Å². The van der Waals surface area contributed by atoms with Gasteiger partial charge in [0.25, 0.3) is 0 Å². The van der Waals surface area contributed by atoms with Crippen molar-refractivity contribution in [2.75, 3.05) is 32.6 Å². The van der Waals surface area contributed by atoms with Crippen molar-refractivity contribution in [3.05, 3.63) is 24.3 Å². The number of aliphatic hydroxyl groups excluding tert-OH is 1. The summed E-state index contributed by atoms with van der Waals surface area (Å²) >= 11 is 0.